The Labute approximate surface area is 78.9 Å². The zero-order valence-electron chi connectivity index (χ0n) is 8.16. The van der Waals surface area contributed by atoms with Crippen LogP contribution in [0.15, 0.2) is 18.2 Å². The smallest absolute Gasteiger partial charge is 0.0891 e. The van der Waals surface area contributed by atoms with E-state index in [0.29, 0.717) is 13.2 Å². The van der Waals surface area contributed by atoms with Crippen LogP contribution in [0.25, 0.3) is 0 Å². The third-order valence-electron chi connectivity index (χ3n) is 1.64. The summed E-state index contributed by atoms with van der Waals surface area (Å²) in [5, 5.41) is 0. The maximum atomic E-state index is 5.47. The summed E-state index contributed by atoms with van der Waals surface area (Å²) in [6.45, 7) is 5.06. The molecule has 0 aliphatic rings. The largest absolute Gasteiger partial charge is 0.373 e. The van der Waals surface area contributed by atoms with Gasteiger partial charge in [0, 0.05) is 6.54 Å². The Kier molecular flexibility index (Phi) is 3.86. The van der Waals surface area contributed by atoms with Gasteiger partial charge in [0.05, 0.1) is 24.1 Å². The summed E-state index contributed by atoms with van der Waals surface area (Å²) < 4.78 is 5.42. The lowest BCUT2D eigenvalue weighted by atomic mass is 10.3. The molecule has 0 aromatic carbocycles. The highest BCUT2D eigenvalue weighted by molar-refractivity contribution is 5.10. The molecule has 0 spiro atoms. The zero-order chi connectivity index (χ0) is 9.68. The molecule has 0 bridgehead atoms. The lowest BCUT2D eigenvalue weighted by Gasteiger charge is -2.07. The summed E-state index contributed by atoms with van der Waals surface area (Å²) in [5.74, 6) is 0. The van der Waals surface area contributed by atoms with Crippen molar-refractivity contribution in [2.24, 2.45) is 5.73 Å². The van der Waals surface area contributed by atoms with Crippen molar-refractivity contribution in [3.8, 4) is 0 Å². The van der Waals surface area contributed by atoms with E-state index in [1.165, 1.54) is 0 Å². The van der Waals surface area contributed by atoms with Crippen molar-refractivity contribution in [3.63, 3.8) is 0 Å². The van der Waals surface area contributed by atoms with Gasteiger partial charge in [0.2, 0.25) is 0 Å². The van der Waals surface area contributed by atoms with Gasteiger partial charge in [-0.25, -0.2) is 0 Å². The van der Waals surface area contributed by atoms with Crippen molar-refractivity contribution in [2.75, 3.05) is 0 Å². The van der Waals surface area contributed by atoms with Gasteiger partial charge < -0.3 is 10.5 Å². The fraction of sp³-hybridized carbons (Fsp3) is 0.500. The fourth-order valence-electron chi connectivity index (χ4n) is 0.975. The molecule has 0 saturated carbocycles. The van der Waals surface area contributed by atoms with Crippen LogP contribution in [0.1, 0.15) is 25.2 Å². The summed E-state index contributed by atoms with van der Waals surface area (Å²) in [4.78, 5) is 4.31. The van der Waals surface area contributed by atoms with Gasteiger partial charge in [-0.3, -0.25) is 4.98 Å². The van der Waals surface area contributed by atoms with E-state index in [2.05, 4.69) is 4.98 Å². The van der Waals surface area contributed by atoms with Gasteiger partial charge in [-0.05, 0) is 26.0 Å². The van der Waals surface area contributed by atoms with Gasteiger partial charge in [0.25, 0.3) is 0 Å². The number of nitrogens with zero attached hydrogens (tertiary/aromatic N) is 1. The molecule has 1 aromatic heterocycles. The first-order chi connectivity index (χ1) is 6.22. The normalized spacial score (nSPS) is 10.8. The van der Waals surface area contributed by atoms with Crippen LogP contribution in [0.2, 0.25) is 0 Å². The Morgan fingerprint density at radius 2 is 2.08 bits per heavy atom. The first-order valence-corrected chi connectivity index (χ1v) is 4.49. The van der Waals surface area contributed by atoms with E-state index in [0.717, 1.165) is 11.4 Å². The number of nitrogens with two attached hydrogens (primary N) is 1. The summed E-state index contributed by atoms with van der Waals surface area (Å²) in [6, 6.07) is 5.81. The molecule has 13 heavy (non-hydrogen) atoms. The van der Waals surface area contributed by atoms with Crippen LogP contribution in [0, 0.1) is 0 Å². The molecule has 3 heteroatoms. The predicted molar refractivity (Wildman–Crippen MR) is 52.1 cm³/mol. The van der Waals surface area contributed by atoms with Crippen molar-refractivity contribution in [1.82, 2.24) is 4.98 Å². The van der Waals surface area contributed by atoms with Crippen LogP contribution >= 0.6 is 0 Å². The molecule has 0 unspecified atom stereocenters. The van der Waals surface area contributed by atoms with E-state index in [1.54, 1.807) is 0 Å². The molecule has 0 amide bonds. The molecule has 0 radical (unpaired) electrons. The molecule has 1 rings (SSSR count). The molecule has 1 aromatic rings. The van der Waals surface area contributed by atoms with Crippen LogP contribution in [-0.2, 0) is 17.9 Å². The third kappa shape index (κ3) is 3.53. The summed E-state index contributed by atoms with van der Waals surface area (Å²) >= 11 is 0. The number of pyridine rings is 1. The van der Waals surface area contributed by atoms with Crippen molar-refractivity contribution in [1.29, 1.82) is 0 Å². The molecular formula is C10H16N2O. The zero-order valence-corrected chi connectivity index (χ0v) is 8.16. The topological polar surface area (TPSA) is 48.1 Å². The maximum absolute atomic E-state index is 5.47. The van der Waals surface area contributed by atoms with Crippen molar-refractivity contribution in [2.45, 2.75) is 33.1 Å². The second kappa shape index (κ2) is 4.94. The van der Waals surface area contributed by atoms with Crippen molar-refractivity contribution in [3.05, 3.63) is 29.6 Å². The minimum Gasteiger partial charge on any atom is -0.373 e. The van der Waals surface area contributed by atoms with Crippen molar-refractivity contribution >= 4 is 0 Å². The van der Waals surface area contributed by atoms with E-state index in [1.807, 2.05) is 32.0 Å². The van der Waals surface area contributed by atoms with Crippen LogP contribution in [-0.4, -0.2) is 11.1 Å². The van der Waals surface area contributed by atoms with Gasteiger partial charge in [0.1, 0.15) is 0 Å². The average Bonchev–Trinajstić information content (AvgIpc) is 2.15. The lowest BCUT2D eigenvalue weighted by molar-refractivity contribution is 0.0635. The number of rotatable bonds is 4. The third-order valence-corrected chi connectivity index (χ3v) is 1.64. The molecule has 1 heterocycles. The summed E-state index contributed by atoms with van der Waals surface area (Å²) in [5.41, 5.74) is 7.32. The Bertz CT molecular complexity index is 261. The Hall–Kier alpha value is -0.930. The van der Waals surface area contributed by atoms with E-state index >= 15 is 0 Å². The first kappa shape index (κ1) is 10.2. The highest BCUT2D eigenvalue weighted by atomic mass is 16.5. The molecule has 0 saturated heterocycles. The molecule has 0 aliphatic carbocycles. The maximum Gasteiger partial charge on any atom is 0.0891 e. The summed E-state index contributed by atoms with van der Waals surface area (Å²) in [7, 11) is 0. The van der Waals surface area contributed by atoms with Crippen LogP contribution < -0.4 is 5.73 Å². The Morgan fingerprint density at radius 1 is 1.38 bits per heavy atom. The average molecular weight is 180 g/mol. The standard InChI is InChI=1S/C10H16N2O/c1-8(2)13-7-10-5-3-4-9(6-11)12-10/h3-5,8H,6-7,11H2,1-2H3. The highest BCUT2D eigenvalue weighted by Crippen LogP contribution is 2.02. The molecule has 0 fully saturated rings. The Morgan fingerprint density at radius 3 is 2.69 bits per heavy atom. The van der Waals surface area contributed by atoms with Gasteiger partial charge in [0.15, 0.2) is 0 Å². The second-order valence-corrected chi connectivity index (χ2v) is 3.18. The SMILES string of the molecule is CC(C)OCc1cccc(CN)n1. The van der Waals surface area contributed by atoms with E-state index < -0.39 is 0 Å². The van der Waals surface area contributed by atoms with Crippen LogP contribution in [0.4, 0.5) is 0 Å². The van der Waals surface area contributed by atoms with E-state index in [9.17, 15) is 0 Å². The lowest BCUT2D eigenvalue weighted by Crippen LogP contribution is -2.06. The number of aromatic nitrogens is 1. The molecule has 0 atom stereocenters. The van der Waals surface area contributed by atoms with Crippen molar-refractivity contribution < 1.29 is 4.74 Å². The van der Waals surface area contributed by atoms with E-state index in [4.69, 9.17) is 10.5 Å². The number of ether oxygens (including phenoxy) is 1. The summed E-state index contributed by atoms with van der Waals surface area (Å²) in [6.07, 6.45) is 0.239. The Balaban J connectivity index is 2.56. The first-order valence-electron chi connectivity index (χ1n) is 4.49. The second-order valence-electron chi connectivity index (χ2n) is 3.18. The molecule has 3 nitrogen and oxygen atoms in total. The van der Waals surface area contributed by atoms with Gasteiger partial charge in [-0.2, -0.15) is 0 Å². The molecular weight excluding hydrogens is 164 g/mol. The molecule has 72 valence electrons. The van der Waals surface area contributed by atoms with Crippen LogP contribution in [0.5, 0.6) is 0 Å². The molecule has 2 N–H and O–H groups in total. The molecule has 0 aliphatic heterocycles. The number of hydrogen-bond donors (Lipinski definition) is 1. The predicted octanol–water partition coefficient (Wildman–Crippen LogP) is 1.47. The van der Waals surface area contributed by atoms with Crippen LogP contribution in [0.3, 0.4) is 0 Å². The fourth-order valence-corrected chi connectivity index (χ4v) is 0.975. The van der Waals surface area contributed by atoms with E-state index in [-0.39, 0.29) is 6.10 Å². The van der Waals surface area contributed by atoms with Gasteiger partial charge in [-0.1, -0.05) is 6.07 Å². The number of hydrogen-bond acceptors (Lipinski definition) is 3. The quantitative estimate of drug-likeness (QED) is 0.763. The minimum atomic E-state index is 0.239. The highest BCUT2D eigenvalue weighted by Gasteiger charge is 1.98. The van der Waals surface area contributed by atoms with Gasteiger partial charge in [-0.15, -0.1) is 0 Å². The van der Waals surface area contributed by atoms with Gasteiger partial charge >= 0.3 is 0 Å². The minimum absolute atomic E-state index is 0.239. The monoisotopic (exact) mass is 180 g/mol.